The van der Waals surface area contributed by atoms with Crippen LogP contribution in [0, 0.1) is 0 Å². The zero-order valence-electron chi connectivity index (χ0n) is 8.60. The lowest BCUT2D eigenvalue weighted by Crippen LogP contribution is -2.43. The summed E-state index contributed by atoms with van der Waals surface area (Å²) in [5.41, 5.74) is -0.702. The molecular weight excluding hydrogens is 168 g/mol. The molecule has 0 atom stereocenters. The second-order valence-corrected chi connectivity index (χ2v) is 8.72. The first kappa shape index (κ1) is 11.6. The van der Waals surface area contributed by atoms with Crippen molar-refractivity contribution in [3.63, 3.8) is 0 Å². The van der Waals surface area contributed by atoms with Crippen molar-refractivity contribution in [1.29, 1.82) is 0 Å². The van der Waals surface area contributed by atoms with Gasteiger partial charge in [-0.3, -0.25) is 4.79 Å². The third-order valence-electron chi connectivity index (χ3n) is 1.34. The highest BCUT2D eigenvalue weighted by atomic mass is 28.4. The molecule has 0 N–H and O–H groups in total. The van der Waals surface area contributed by atoms with Gasteiger partial charge in [0.15, 0.2) is 14.1 Å². The molecule has 0 bridgehead atoms. The lowest BCUT2D eigenvalue weighted by atomic mass is 10.0. The quantitative estimate of drug-likeness (QED) is 0.498. The normalized spacial score (nSPS) is 12.8. The Bertz CT molecular complexity index is 189. The van der Waals surface area contributed by atoms with E-state index in [2.05, 4.69) is 26.2 Å². The van der Waals surface area contributed by atoms with E-state index in [4.69, 9.17) is 4.43 Å². The second-order valence-electron chi connectivity index (χ2n) is 4.29. The largest absolute Gasteiger partial charge is 0.405 e. The molecule has 0 fully saturated rings. The fraction of sp³-hybridized carbons (Fsp3) is 0.667. The topological polar surface area (TPSA) is 26.3 Å². The highest BCUT2D eigenvalue weighted by molar-refractivity contribution is 6.70. The standard InChI is InChI=1S/C9H18O2Si/c1-7-8(10)9(2,3)11-12(4,5)6/h7H,1H2,2-6H3. The highest BCUT2D eigenvalue weighted by Crippen LogP contribution is 2.18. The van der Waals surface area contributed by atoms with E-state index in [1.165, 1.54) is 6.08 Å². The van der Waals surface area contributed by atoms with Crippen LogP contribution in [0.2, 0.25) is 19.6 Å². The van der Waals surface area contributed by atoms with E-state index < -0.39 is 13.9 Å². The van der Waals surface area contributed by atoms with Gasteiger partial charge in [-0.05, 0) is 39.6 Å². The van der Waals surface area contributed by atoms with Crippen LogP contribution in [0.4, 0.5) is 0 Å². The fourth-order valence-electron chi connectivity index (χ4n) is 1.06. The number of rotatable bonds is 4. The first-order valence-corrected chi connectivity index (χ1v) is 7.47. The minimum atomic E-state index is -1.64. The molecule has 0 saturated heterocycles. The van der Waals surface area contributed by atoms with E-state index in [0.717, 1.165) is 0 Å². The van der Waals surface area contributed by atoms with E-state index in [0.29, 0.717) is 0 Å². The minimum absolute atomic E-state index is 0.0510. The van der Waals surface area contributed by atoms with Gasteiger partial charge in [-0.2, -0.15) is 0 Å². The van der Waals surface area contributed by atoms with Crippen LogP contribution in [0.5, 0.6) is 0 Å². The molecule has 0 aromatic rings. The fourth-order valence-corrected chi connectivity index (χ4v) is 2.69. The number of ketones is 1. The summed E-state index contributed by atoms with van der Waals surface area (Å²) in [7, 11) is -1.64. The van der Waals surface area contributed by atoms with Crippen molar-refractivity contribution in [3.8, 4) is 0 Å². The summed E-state index contributed by atoms with van der Waals surface area (Å²) >= 11 is 0. The zero-order chi connectivity index (χ0) is 9.99. The zero-order valence-corrected chi connectivity index (χ0v) is 9.60. The Balaban J connectivity index is 4.42. The molecule has 0 aromatic heterocycles. The number of hydrogen-bond donors (Lipinski definition) is 0. The molecule has 3 heteroatoms. The van der Waals surface area contributed by atoms with Crippen LogP contribution in [0.1, 0.15) is 13.8 Å². The van der Waals surface area contributed by atoms with E-state index in [-0.39, 0.29) is 5.78 Å². The lowest BCUT2D eigenvalue weighted by Gasteiger charge is -2.30. The smallest absolute Gasteiger partial charge is 0.185 e. The lowest BCUT2D eigenvalue weighted by molar-refractivity contribution is -0.127. The molecule has 70 valence electrons. The molecule has 0 radical (unpaired) electrons. The van der Waals surface area contributed by atoms with Gasteiger partial charge in [-0.1, -0.05) is 6.58 Å². The van der Waals surface area contributed by atoms with Crippen LogP contribution in [0.3, 0.4) is 0 Å². The maximum Gasteiger partial charge on any atom is 0.185 e. The van der Waals surface area contributed by atoms with Gasteiger partial charge in [0.2, 0.25) is 0 Å². The molecule has 0 rings (SSSR count). The van der Waals surface area contributed by atoms with Gasteiger partial charge >= 0.3 is 0 Å². The Labute approximate surface area is 75.7 Å². The average molecular weight is 186 g/mol. The molecule has 0 aliphatic carbocycles. The van der Waals surface area contributed by atoms with E-state index in [9.17, 15) is 4.79 Å². The monoisotopic (exact) mass is 186 g/mol. The van der Waals surface area contributed by atoms with Gasteiger partial charge in [-0.25, -0.2) is 0 Å². The predicted octanol–water partition coefficient (Wildman–Crippen LogP) is 2.37. The van der Waals surface area contributed by atoms with Crippen molar-refractivity contribution in [2.24, 2.45) is 0 Å². The molecule has 0 aliphatic heterocycles. The van der Waals surface area contributed by atoms with Crippen LogP contribution >= 0.6 is 0 Å². The SMILES string of the molecule is C=CC(=O)C(C)(C)O[Si](C)(C)C. The first-order chi connectivity index (χ1) is 5.19. The summed E-state index contributed by atoms with van der Waals surface area (Å²) < 4.78 is 5.70. The molecule has 0 saturated carbocycles. The Morgan fingerprint density at radius 2 is 1.83 bits per heavy atom. The van der Waals surface area contributed by atoms with Gasteiger partial charge in [0, 0.05) is 0 Å². The molecule has 0 unspecified atom stereocenters. The Morgan fingerprint density at radius 3 is 2.08 bits per heavy atom. The molecule has 0 spiro atoms. The summed E-state index contributed by atoms with van der Waals surface area (Å²) in [4.78, 5) is 11.3. The first-order valence-electron chi connectivity index (χ1n) is 4.06. The van der Waals surface area contributed by atoms with E-state index >= 15 is 0 Å². The molecule has 12 heavy (non-hydrogen) atoms. The molecule has 0 heterocycles. The molecule has 0 aliphatic rings. The Kier molecular flexibility index (Phi) is 3.41. The molecule has 2 nitrogen and oxygen atoms in total. The third kappa shape index (κ3) is 3.83. The van der Waals surface area contributed by atoms with Crippen LogP contribution in [0.25, 0.3) is 0 Å². The van der Waals surface area contributed by atoms with Crippen LogP contribution in [-0.4, -0.2) is 19.7 Å². The van der Waals surface area contributed by atoms with Crippen molar-refractivity contribution < 1.29 is 9.22 Å². The Morgan fingerprint density at radius 1 is 1.42 bits per heavy atom. The van der Waals surface area contributed by atoms with E-state index in [1.807, 2.05) is 0 Å². The van der Waals surface area contributed by atoms with Crippen LogP contribution in [-0.2, 0) is 9.22 Å². The highest BCUT2D eigenvalue weighted by Gasteiger charge is 2.31. The van der Waals surface area contributed by atoms with Crippen molar-refractivity contribution >= 4 is 14.1 Å². The van der Waals surface area contributed by atoms with Gasteiger partial charge in [-0.15, -0.1) is 0 Å². The van der Waals surface area contributed by atoms with Crippen molar-refractivity contribution in [2.75, 3.05) is 0 Å². The van der Waals surface area contributed by atoms with Gasteiger partial charge in [0.05, 0.1) is 0 Å². The third-order valence-corrected chi connectivity index (χ3v) is 2.46. The number of hydrogen-bond acceptors (Lipinski definition) is 2. The van der Waals surface area contributed by atoms with Gasteiger partial charge in [0.25, 0.3) is 0 Å². The summed E-state index contributed by atoms with van der Waals surface area (Å²) in [6.45, 7) is 13.2. The number of carbonyl (C=O) groups excluding carboxylic acids is 1. The Hall–Kier alpha value is -0.413. The van der Waals surface area contributed by atoms with Crippen molar-refractivity contribution in [1.82, 2.24) is 0 Å². The summed E-state index contributed by atoms with van der Waals surface area (Å²) in [6.07, 6.45) is 1.32. The summed E-state index contributed by atoms with van der Waals surface area (Å²) in [5, 5.41) is 0. The summed E-state index contributed by atoms with van der Waals surface area (Å²) in [6, 6.07) is 0. The van der Waals surface area contributed by atoms with Crippen molar-refractivity contribution in [2.45, 2.75) is 39.1 Å². The average Bonchev–Trinajstić information content (AvgIpc) is 1.80. The van der Waals surface area contributed by atoms with Gasteiger partial charge in [0.1, 0.15) is 5.60 Å². The summed E-state index contributed by atoms with van der Waals surface area (Å²) in [5.74, 6) is -0.0510. The number of carbonyl (C=O) groups is 1. The molecular formula is C9H18O2Si. The van der Waals surface area contributed by atoms with Crippen molar-refractivity contribution in [3.05, 3.63) is 12.7 Å². The maximum atomic E-state index is 11.3. The second kappa shape index (κ2) is 3.54. The molecule has 0 amide bonds. The maximum absolute atomic E-state index is 11.3. The minimum Gasteiger partial charge on any atom is -0.405 e. The predicted molar refractivity (Wildman–Crippen MR) is 53.7 cm³/mol. The molecule has 0 aromatic carbocycles. The van der Waals surface area contributed by atoms with Crippen LogP contribution in [0.15, 0.2) is 12.7 Å². The van der Waals surface area contributed by atoms with Crippen LogP contribution < -0.4 is 0 Å². The van der Waals surface area contributed by atoms with E-state index in [1.54, 1.807) is 13.8 Å². The van der Waals surface area contributed by atoms with Gasteiger partial charge < -0.3 is 4.43 Å².